The number of carbonyl (C=O) groups is 3. The van der Waals surface area contributed by atoms with Crippen molar-refractivity contribution in [1.29, 1.82) is 0 Å². The van der Waals surface area contributed by atoms with Crippen molar-refractivity contribution in [2.75, 3.05) is 19.0 Å². The number of esters is 2. The summed E-state index contributed by atoms with van der Waals surface area (Å²) in [6, 6.07) is 6.15. The quantitative estimate of drug-likeness (QED) is 0.494. The molecule has 0 radical (unpaired) electrons. The van der Waals surface area contributed by atoms with Crippen molar-refractivity contribution in [2.45, 2.75) is 6.92 Å². The van der Waals surface area contributed by atoms with Crippen molar-refractivity contribution >= 4 is 23.5 Å². The van der Waals surface area contributed by atoms with E-state index in [0.29, 0.717) is 11.3 Å². The van der Waals surface area contributed by atoms with Gasteiger partial charge in [0.05, 0.1) is 12.7 Å². The maximum Gasteiger partial charge on any atom is 0.337 e. The van der Waals surface area contributed by atoms with Crippen LogP contribution in [0.4, 0.5) is 5.69 Å². The molecule has 1 amide bonds. The molecule has 0 unspecified atom stereocenters. The third-order valence-electron chi connectivity index (χ3n) is 2.47. The molecular weight excluding hydrogens is 286 g/mol. The minimum Gasteiger partial charge on any atom is -0.465 e. The zero-order chi connectivity index (χ0) is 16.4. The summed E-state index contributed by atoms with van der Waals surface area (Å²) < 4.78 is 9.32. The van der Waals surface area contributed by atoms with E-state index in [4.69, 9.17) is 4.74 Å². The SMILES string of the molecule is C/C=C/C=C/C(=O)OCC(=O)Nc1ccc(C(=O)OC)cc1. The van der Waals surface area contributed by atoms with Gasteiger partial charge in [0.15, 0.2) is 6.61 Å². The van der Waals surface area contributed by atoms with Gasteiger partial charge in [0.1, 0.15) is 0 Å². The summed E-state index contributed by atoms with van der Waals surface area (Å²) in [5.41, 5.74) is 0.860. The van der Waals surface area contributed by atoms with E-state index in [1.54, 1.807) is 24.3 Å². The molecule has 1 rings (SSSR count). The third-order valence-corrected chi connectivity index (χ3v) is 2.47. The Morgan fingerprint density at radius 1 is 1.14 bits per heavy atom. The van der Waals surface area contributed by atoms with Crippen LogP contribution in [-0.2, 0) is 19.1 Å². The monoisotopic (exact) mass is 303 g/mol. The van der Waals surface area contributed by atoms with Gasteiger partial charge < -0.3 is 14.8 Å². The van der Waals surface area contributed by atoms with Crippen LogP contribution >= 0.6 is 0 Å². The Morgan fingerprint density at radius 3 is 2.41 bits per heavy atom. The van der Waals surface area contributed by atoms with Crippen LogP contribution in [-0.4, -0.2) is 31.6 Å². The summed E-state index contributed by atoms with van der Waals surface area (Å²) in [6.07, 6.45) is 6.17. The van der Waals surface area contributed by atoms with E-state index in [9.17, 15) is 14.4 Å². The number of anilines is 1. The molecule has 0 saturated heterocycles. The fourth-order valence-corrected chi connectivity index (χ4v) is 1.43. The Kier molecular flexibility index (Phi) is 7.12. The first-order valence-corrected chi connectivity index (χ1v) is 6.51. The molecule has 0 atom stereocenters. The van der Waals surface area contributed by atoms with Crippen molar-refractivity contribution in [3.8, 4) is 0 Å². The molecule has 0 saturated carbocycles. The van der Waals surface area contributed by atoms with E-state index in [2.05, 4.69) is 10.1 Å². The number of amides is 1. The second-order valence-electron chi connectivity index (χ2n) is 4.11. The van der Waals surface area contributed by atoms with E-state index >= 15 is 0 Å². The van der Waals surface area contributed by atoms with Crippen LogP contribution in [0.3, 0.4) is 0 Å². The maximum atomic E-state index is 11.6. The van der Waals surface area contributed by atoms with E-state index in [0.717, 1.165) is 0 Å². The minimum absolute atomic E-state index is 0.376. The number of methoxy groups -OCH3 is 1. The Hall–Kier alpha value is -2.89. The molecule has 6 nitrogen and oxygen atoms in total. The lowest BCUT2D eigenvalue weighted by Crippen LogP contribution is -2.20. The molecule has 1 aromatic rings. The zero-order valence-corrected chi connectivity index (χ0v) is 12.4. The lowest BCUT2D eigenvalue weighted by Gasteiger charge is -2.06. The van der Waals surface area contributed by atoms with Crippen molar-refractivity contribution in [3.05, 3.63) is 54.1 Å². The van der Waals surface area contributed by atoms with E-state index in [-0.39, 0.29) is 0 Å². The Labute approximate surface area is 128 Å². The highest BCUT2D eigenvalue weighted by Gasteiger charge is 2.07. The molecule has 0 aliphatic rings. The number of hydrogen-bond donors (Lipinski definition) is 1. The number of ether oxygens (including phenoxy) is 2. The Morgan fingerprint density at radius 2 is 1.82 bits per heavy atom. The lowest BCUT2D eigenvalue weighted by molar-refractivity contribution is -0.142. The largest absolute Gasteiger partial charge is 0.465 e. The summed E-state index contributed by atoms with van der Waals surface area (Å²) >= 11 is 0. The first kappa shape index (κ1) is 17.2. The van der Waals surface area contributed by atoms with Gasteiger partial charge in [0, 0.05) is 11.8 Å². The molecule has 0 fully saturated rings. The molecule has 1 N–H and O–H groups in total. The summed E-state index contributed by atoms with van der Waals surface area (Å²) in [5, 5.41) is 2.54. The summed E-state index contributed by atoms with van der Waals surface area (Å²) in [5.74, 6) is -1.53. The average Bonchev–Trinajstić information content (AvgIpc) is 2.53. The number of benzene rings is 1. The fraction of sp³-hybridized carbons (Fsp3) is 0.188. The number of hydrogen-bond acceptors (Lipinski definition) is 5. The van der Waals surface area contributed by atoms with Gasteiger partial charge in [0.25, 0.3) is 5.91 Å². The Bertz CT molecular complexity index is 587. The van der Waals surface area contributed by atoms with Gasteiger partial charge in [0.2, 0.25) is 0 Å². The van der Waals surface area contributed by atoms with Crippen LogP contribution in [0.2, 0.25) is 0 Å². The van der Waals surface area contributed by atoms with Gasteiger partial charge in [-0.2, -0.15) is 0 Å². The third kappa shape index (κ3) is 6.04. The molecule has 0 spiro atoms. The number of rotatable bonds is 6. The molecular formula is C16H17NO5. The minimum atomic E-state index is -0.603. The van der Waals surface area contributed by atoms with Gasteiger partial charge in [-0.3, -0.25) is 4.79 Å². The molecule has 0 aliphatic heterocycles. The van der Waals surface area contributed by atoms with Crippen LogP contribution in [0.1, 0.15) is 17.3 Å². The standard InChI is InChI=1S/C16H17NO5/c1-3-4-5-6-15(19)22-11-14(18)17-13-9-7-12(8-10-13)16(20)21-2/h3-10H,11H2,1-2H3,(H,17,18)/b4-3+,6-5+. The zero-order valence-electron chi connectivity index (χ0n) is 12.4. The van der Waals surface area contributed by atoms with E-state index < -0.39 is 24.5 Å². The van der Waals surface area contributed by atoms with Crippen molar-refractivity contribution in [3.63, 3.8) is 0 Å². The van der Waals surface area contributed by atoms with Gasteiger partial charge in [-0.05, 0) is 31.2 Å². The highest BCUT2D eigenvalue weighted by Crippen LogP contribution is 2.10. The molecule has 0 bridgehead atoms. The summed E-state index contributed by atoms with van der Waals surface area (Å²) in [4.78, 5) is 34.1. The average molecular weight is 303 g/mol. The molecule has 0 aliphatic carbocycles. The molecule has 22 heavy (non-hydrogen) atoms. The summed E-state index contributed by atoms with van der Waals surface area (Å²) in [6.45, 7) is 1.42. The van der Waals surface area contributed by atoms with Crippen LogP contribution < -0.4 is 5.32 Å². The van der Waals surface area contributed by atoms with Crippen molar-refractivity contribution in [2.24, 2.45) is 0 Å². The van der Waals surface area contributed by atoms with E-state index in [1.165, 1.54) is 31.4 Å². The smallest absolute Gasteiger partial charge is 0.337 e. The molecule has 0 aromatic heterocycles. The maximum absolute atomic E-state index is 11.6. The molecule has 6 heteroatoms. The van der Waals surface area contributed by atoms with Crippen LogP contribution in [0.15, 0.2) is 48.6 Å². The van der Waals surface area contributed by atoms with Gasteiger partial charge in [-0.15, -0.1) is 0 Å². The fourth-order valence-electron chi connectivity index (χ4n) is 1.43. The highest BCUT2D eigenvalue weighted by atomic mass is 16.5. The molecule has 116 valence electrons. The number of nitrogens with one attached hydrogen (secondary N) is 1. The second-order valence-corrected chi connectivity index (χ2v) is 4.11. The first-order chi connectivity index (χ1) is 10.6. The predicted octanol–water partition coefficient (Wildman–Crippen LogP) is 2.09. The Balaban J connectivity index is 2.45. The normalized spacial score (nSPS) is 10.6. The number of carbonyl (C=O) groups excluding carboxylic acids is 3. The second kappa shape index (κ2) is 9.12. The number of allylic oxidation sites excluding steroid dienone is 3. The highest BCUT2D eigenvalue weighted by molar-refractivity contribution is 5.95. The van der Waals surface area contributed by atoms with Crippen molar-refractivity contribution in [1.82, 2.24) is 0 Å². The van der Waals surface area contributed by atoms with Gasteiger partial charge >= 0.3 is 11.9 Å². The topological polar surface area (TPSA) is 81.7 Å². The van der Waals surface area contributed by atoms with Gasteiger partial charge in [-0.1, -0.05) is 18.2 Å². The summed E-state index contributed by atoms with van der Waals surface area (Å²) in [7, 11) is 1.29. The molecule has 0 heterocycles. The van der Waals surface area contributed by atoms with Crippen molar-refractivity contribution < 1.29 is 23.9 Å². The van der Waals surface area contributed by atoms with Crippen LogP contribution in [0.25, 0.3) is 0 Å². The predicted molar refractivity (Wildman–Crippen MR) is 81.3 cm³/mol. The van der Waals surface area contributed by atoms with E-state index in [1.807, 2.05) is 6.92 Å². The molecule has 1 aromatic carbocycles. The van der Waals surface area contributed by atoms with Gasteiger partial charge in [-0.25, -0.2) is 9.59 Å². The first-order valence-electron chi connectivity index (χ1n) is 6.51. The van der Waals surface area contributed by atoms with Crippen LogP contribution in [0, 0.1) is 0 Å². The van der Waals surface area contributed by atoms with Crippen LogP contribution in [0.5, 0.6) is 0 Å². The lowest BCUT2D eigenvalue weighted by atomic mass is 10.2.